The molecule has 0 radical (unpaired) electrons. The first-order chi connectivity index (χ1) is 14.0. The van der Waals surface area contributed by atoms with Crippen LogP contribution in [0.4, 0.5) is 4.79 Å². The van der Waals surface area contributed by atoms with Gasteiger partial charge in [-0.25, -0.2) is 9.59 Å². The van der Waals surface area contributed by atoms with E-state index in [-0.39, 0.29) is 24.1 Å². The second kappa shape index (κ2) is 8.13. The van der Waals surface area contributed by atoms with E-state index in [2.05, 4.69) is 10.5 Å². The Morgan fingerprint density at radius 3 is 2.34 bits per heavy atom. The fourth-order valence-corrected chi connectivity index (χ4v) is 4.00. The topological polar surface area (TPSA) is 97.2 Å². The van der Waals surface area contributed by atoms with Gasteiger partial charge in [-0.3, -0.25) is 0 Å². The number of benzene rings is 2. The first-order valence-electron chi connectivity index (χ1n) is 9.25. The number of nitrogens with one attached hydrogen (secondary N) is 1. The smallest absolute Gasteiger partial charge is 0.407 e. The van der Waals surface area contributed by atoms with Crippen LogP contribution in [-0.4, -0.2) is 41.1 Å². The molecule has 4 rings (SSSR count). The third kappa shape index (κ3) is 4.05. The van der Waals surface area contributed by atoms with Gasteiger partial charge in [-0.15, -0.1) is 0 Å². The molecule has 2 N–H and O–H groups in total. The standard InChI is InChI=1S/C21H19ClN2O5/c22-19-10-12(29-24-19)9-18(20(25)26)23-21(27)28-11-17-15-7-3-1-5-13(15)14-6-2-4-8-16(14)17/h1-8,12,17-18H,9-11H2,(H,23,27)(H,25,26)/t12?,18-/m0/s1. The van der Waals surface area contributed by atoms with Crippen molar-refractivity contribution < 1.29 is 24.3 Å². The lowest BCUT2D eigenvalue weighted by Gasteiger charge is -2.18. The third-order valence-corrected chi connectivity index (χ3v) is 5.35. The van der Waals surface area contributed by atoms with Crippen LogP contribution in [0.1, 0.15) is 29.9 Å². The second-order valence-electron chi connectivity index (χ2n) is 7.00. The zero-order chi connectivity index (χ0) is 20.4. The van der Waals surface area contributed by atoms with Gasteiger partial charge in [0.25, 0.3) is 0 Å². The molecule has 1 aliphatic heterocycles. The van der Waals surface area contributed by atoms with Crippen LogP contribution < -0.4 is 5.32 Å². The highest BCUT2D eigenvalue weighted by atomic mass is 35.5. The zero-order valence-electron chi connectivity index (χ0n) is 15.4. The summed E-state index contributed by atoms with van der Waals surface area (Å²) in [5.74, 6) is -1.27. The summed E-state index contributed by atoms with van der Waals surface area (Å²) in [6, 6.07) is 14.8. The van der Waals surface area contributed by atoms with Crippen LogP contribution in [0, 0.1) is 0 Å². The Balaban J connectivity index is 1.39. The summed E-state index contributed by atoms with van der Waals surface area (Å²) in [5.41, 5.74) is 4.41. The summed E-state index contributed by atoms with van der Waals surface area (Å²) in [5, 5.41) is 15.7. The highest BCUT2D eigenvalue weighted by Gasteiger charge is 2.31. The summed E-state index contributed by atoms with van der Waals surface area (Å²) in [4.78, 5) is 28.8. The maximum atomic E-state index is 12.3. The van der Waals surface area contributed by atoms with Crippen molar-refractivity contribution in [3.8, 4) is 11.1 Å². The van der Waals surface area contributed by atoms with E-state index in [1.54, 1.807) is 0 Å². The number of hydrogen-bond donors (Lipinski definition) is 2. The Hall–Kier alpha value is -3.06. The summed E-state index contributed by atoms with van der Waals surface area (Å²) in [7, 11) is 0. The second-order valence-corrected chi connectivity index (χ2v) is 7.43. The summed E-state index contributed by atoms with van der Waals surface area (Å²) in [6.45, 7) is 0.112. The highest BCUT2D eigenvalue weighted by molar-refractivity contribution is 6.65. The van der Waals surface area contributed by atoms with Gasteiger partial charge in [0.2, 0.25) is 0 Å². The molecule has 29 heavy (non-hydrogen) atoms. The minimum atomic E-state index is -1.18. The van der Waals surface area contributed by atoms with Crippen LogP contribution in [-0.2, 0) is 14.4 Å². The van der Waals surface area contributed by atoms with E-state index in [1.807, 2.05) is 48.5 Å². The largest absolute Gasteiger partial charge is 0.480 e. The predicted octanol–water partition coefficient (Wildman–Crippen LogP) is 3.71. The molecular weight excluding hydrogens is 396 g/mol. The predicted molar refractivity (Wildman–Crippen MR) is 107 cm³/mol. The van der Waals surface area contributed by atoms with Crippen molar-refractivity contribution in [2.45, 2.75) is 30.9 Å². The molecule has 2 aromatic carbocycles. The highest BCUT2D eigenvalue weighted by Crippen LogP contribution is 2.44. The number of hydrogen-bond acceptors (Lipinski definition) is 5. The average molecular weight is 415 g/mol. The molecule has 1 aliphatic carbocycles. The third-order valence-electron chi connectivity index (χ3n) is 5.13. The quantitative estimate of drug-likeness (QED) is 0.751. The van der Waals surface area contributed by atoms with Gasteiger partial charge in [-0.2, -0.15) is 0 Å². The molecule has 150 valence electrons. The normalized spacial score (nSPS) is 18.2. The Morgan fingerprint density at radius 2 is 1.79 bits per heavy atom. The van der Waals surface area contributed by atoms with Crippen LogP contribution in [0.2, 0.25) is 0 Å². The average Bonchev–Trinajstić information content (AvgIpc) is 3.27. The minimum Gasteiger partial charge on any atom is -0.480 e. The summed E-state index contributed by atoms with van der Waals surface area (Å²) >= 11 is 5.75. The Morgan fingerprint density at radius 1 is 1.17 bits per heavy atom. The SMILES string of the molecule is O=C(N[C@@H](CC1CC(Cl)=NO1)C(=O)O)OCC1c2ccccc2-c2ccccc21. The number of alkyl carbamates (subject to hydrolysis) is 1. The lowest BCUT2D eigenvalue weighted by atomic mass is 9.98. The Kier molecular flexibility index (Phi) is 5.40. The molecule has 0 spiro atoms. The van der Waals surface area contributed by atoms with Crippen molar-refractivity contribution in [3.05, 3.63) is 59.7 Å². The number of amides is 1. The molecule has 0 saturated carbocycles. The number of oxime groups is 1. The van der Waals surface area contributed by atoms with Crippen LogP contribution in [0.15, 0.2) is 53.7 Å². The minimum absolute atomic E-state index is 0.0409. The number of carboxylic acid groups (broad SMARTS) is 1. The first kappa shape index (κ1) is 19.3. The van der Waals surface area contributed by atoms with E-state index < -0.39 is 24.2 Å². The van der Waals surface area contributed by atoms with Crippen molar-refractivity contribution in [2.24, 2.45) is 5.16 Å². The van der Waals surface area contributed by atoms with Gasteiger partial charge < -0.3 is 20.0 Å². The van der Waals surface area contributed by atoms with Crippen LogP contribution >= 0.6 is 11.6 Å². The molecule has 0 fully saturated rings. The molecule has 7 nitrogen and oxygen atoms in total. The number of carboxylic acids is 1. The number of rotatable bonds is 6. The van der Waals surface area contributed by atoms with Crippen molar-refractivity contribution in [2.75, 3.05) is 6.61 Å². The Bertz CT molecular complexity index is 932. The monoisotopic (exact) mass is 414 g/mol. The van der Waals surface area contributed by atoms with Gasteiger partial charge in [0.05, 0.1) is 0 Å². The van der Waals surface area contributed by atoms with E-state index in [1.165, 1.54) is 0 Å². The van der Waals surface area contributed by atoms with Crippen molar-refractivity contribution in [1.82, 2.24) is 5.32 Å². The number of carbonyl (C=O) groups is 2. The van der Waals surface area contributed by atoms with Gasteiger partial charge in [-0.05, 0) is 22.3 Å². The van der Waals surface area contributed by atoms with Crippen LogP contribution in [0.5, 0.6) is 0 Å². The van der Waals surface area contributed by atoms with E-state index >= 15 is 0 Å². The number of ether oxygens (including phenoxy) is 1. The van der Waals surface area contributed by atoms with E-state index in [0.717, 1.165) is 22.3 Å². The Labute approximate surface area is 172 Å². The lowest BCUT2D eigenvalue weighted by Crippen LogP contribution is -2.43. The molecule has 2 atom stereocenters. The molecule has 0 aromatic heterocycles. The zero-order valence-corrected chi connectivity index (χ0v) is 16.1. The molecule has 0 bridgehead atoms. The van der Waals surface area contributed by atoms with E-state index in [9.17, 15) is 14.7 Å². The van der Waals surface area contributed by atoms with Gasteiger partial charge in [-0.1, -0.05) is 65.3 Å². The molecule has 0 saturated heterocycles. The molecule has 8 heteroatoms. The summed E-state index contributed by atoms with van der Waals surface area (Å²) in [6.07, 6.45) is -0.918. The van der Waals surface area contributed by atoms with E-state index in [0.29, 0.717) is 6.42 Å². The van der Waals surface area contributed by atoms with Gasteiger partial charge in [0, 0.05) is 18.8 Å². The van der Waals surface area contributed by atoms with Gasteiger partial charge >= 0.3 is 12.1 Å². The van der Waals surface area contributed by atoms with Crippen molar-refractivity contribution >= 4 is 28.8 Å². The molecule has 1 heterocycles. The van der Waals surface area contributed by atoms with Crippen molar-refractivity contribution in [3.63, 3.8) is 0 Å². The maximum Gasteiger partial charge on any atom is 0.407 e. The fourth-order valence-electron chi connectivity index (χ4n) is 3.79. The molecule has 2 aliphatic rings. The van der Waals surface area contributed by atoms with Crippen molar-refractivity contribution in [1.29, 1.82) is 0 Å². The lowest BCUT2D eigenvalue weighted by molar-refractivity contribution is -0.140. The number of carbonyl (C=O) groups excluding carboxylic acids is 1. The molecule has 2 aromatic rings. The van der Waals surface area contributed by atoms with E-state index in [4.69, 9.17) is 21.2 Å². The molecular formula is C21H19ClN2O5. The maximum absolute atomic E-state index is 12.3. The number of nitrogens with zero attached hydrogens (tertiary/aromatic N) is 1. The van der Waals surface area contributed by atoms with Crippen LogP contribution in [0.25, 0.3) is 11.1 Å². The van der Waals surface area contributed by atoms with Crippen LogP contribution in [0.3, 0.4) is 0 Å². The summed E-state index contributed by atoms with van der Waals surface area (Å²) < 4.78 is 5.40. The molecule has 1 amide bonds. The number of aliphatic carboxylic acids is 1. The number of halogens is 1. The van der Waals surface area contributed by atoms with Gasteiger partial charge in [0.15, 0.2) is 0 Å². The molecule has 1 unspecified atom stereocenters. The van der Waals surface area contributed by atoms with Gasteiger partial charge in [0.1, 0.15) is 23.9 Å². The number of fused-ring (bicyclic) bond motifs is 3. The fraction of sp³-hybridized carbons (Fsp3) is 0.286. The first-order valence-corrected chi connectivity index (χ1v) is 9.63.